The summed E-state index contributed by atoms with van der Waals surface area (Å²) in [5, 5.41) is 3.27. The Morgan fingerprint density at radius 1 is 1.07 bits per heavy atom. The molecule has 2 aromatic rings. The lowest BCUT2D eigenvalue weighted by molar-refractivity contribution is -0.116. The number of nitrogens with one attached hydrogen (secondary N) is 1. The van der Waals surface area contributed by atoms with Crippen molar-refractivity contribution in [3.63, 3.8) is 0 Å². The highest BCUT2D eigenvalue weighted by molar-refractivity contribution is 7.89. The van der Waals surface area contributed by atoms with E-state index in [1.165, 1.54) is 32.4 Å². The normalized spacial score (nSPS) is 11.5. The Balaban J connectivity index is 2.19. The Labute approximate surface area is 180 Å². The van der Waals surface area contributed by atoms with Gasteiger partial charge in [-0.05, 0) is 48.9 Å². The molecular formula is C19H22Cl2N2O5S. The van der Waals surface area contributed by atoms with E-state index in [0.717, 1.165) is 4.31 Å². The number of sulfonamides is 1. The third-order valence-electron chi connectivity index (χ3n) is 3.98. The highest BCUT2D eigenvalue weighted by Crippen LogP contribution is 2.25. The topological polar surface area (TPSA) is 84.9 Å². The van der Waals surface area contributed by atoms with Crippen LogP contribution >= 0.6 is 23.2 Å². The van der Waals surface area contributed by atoms with Crippen LogP contribution in [-0.4, -0.2) is 52.5 Å². The minimum atomic E-state index is -3.89. The molecule has 1 N–H and O–H groups in total. The van der Waals surface area contributed by atoms with Gasteiger partial charge >= 0.3 is 0 Å². The van der Waals surface area contributed by atoms with Gasteiger partial charge in [0, 0.05) is 25.9 Å². The van der Waals surface area contributed by atoms with E-state index in [1.54, 1.807) is 24.3 Å². The monoisotopic (exact) mass is 460 g/mol. The van der Waals surface area contributed by atoms with Crippen molar-refractivity contribution >= 4 is 44.8 Å². The number of nitrogens with zero attached hydrogens (tertiary/aromatic N) is 1. The van der Waals surface area contributed by atoms with Gasteiger partial charge in [0.25, 0.3) is 0 Å². The average Bonchev–Trinajstić information content (AvgIpc) is 2.70. The second-order valence-electron chi connectivity index (χ2n) is 6.04. The first-order valence-electron chi connectivity index (χ1n) is 8.66. The molecule has 0 bridgehead atoms. The molecule has 0 aromatic heterocycles. The summed E-state index contributed by atoms with van der Waals surface area (Å²) in [6.07, 6.45) is 0.436. The lowest BCUT2D eigenvalue weighted by Gasteiger charge is -2.22. The molecule has 29 heavy (non-hydrogen) atoms. The summed E-state index contributed by atoms with van der Waals surface area (Å²) in [5.74, 6) is 0.0325. The van der Waals surface area contributed by atoms with E-state index in [9.17, 15) is 13.2 Å². The van der Waals surface area contributed by atoms with Gasteiger partial charge in [-0.3, -0.25) is 4.79 Å². The fourth-order valence-corrected chi connectivity index (χ4v) is 4.23. The van der Waals surface area contributed by atoms with Gasteiger partial charge in [-0.15, -0.1) is 0 Å². The zero-order chi connectivity index (χ0) is 21.4. The Morgan fingerprint density at radius 3 is 2.34 bits per heavy atom. The zero-order valence-electron chi connectivity index (χ0n) is 16.0. The molecule has 0 fully saturated rings. The molecule has 0 aliphatic heterocycles. The number of carbonyl (C=O) groups is 1. The summed E-state index contributed by atoms with van der Waals surface area (Å²) in [7, 11) is -0.873. The van der Waals surface area contributed by atoms with E-state index in [-0.39, 0.29) is 23.0 Å². The van der Waals surface area contributed by atoms with Crippen molar-refractivity contribution < 1.29 is 22.7 Å². The van der Waals surface area contributed by atoms with Gasteiger partial charge < -0.3 is 14.8 Å². The van der Waals surface area contributed by atoms with Crippen LogP contribution in [0.4, 0.5) is 5.69 Å². The Kier molecular flexibility index (Phi) is 8.73. The fourth-order valence-electron chi connectivity index (χ4n) is 2.50. The van der Waals surface area contributed by atoms with Crippen molar-refractivity contribution in [2.24, 2.45) is 0 Å². The van der Waals surface area contributed by atoms with Crippen LogP contribution in [0.1, 0.15) is 6.42 Å². The number of ether oxygens (including phenoxy) is 2. The van der Waals surface area contributed by atoms with Crippen LogP contribution in [0.3, 0.4) is 0 Å². The molecular weight excluding hydrogens is 439 g/mol. The predicted molar refractivity (Wildman–Crippen MR) is 113 cm³/mol. The van der Waals surface area contributed by atoms with Crippen molar-refractivity contribution in [3.05, 3.63) is 52.5 Å². The smallest absolute Gasteiger partial charge is 0.243 e. The first-order chi connectivity index (χ1) is 13.8. The van der Waals surface area contributed by atoms with Crippen LogP contribution in [0, 0.1) is 0 Å². The second-order valence-corrected chi connectivity index (χ2v) is 8.79. The van der Waals surface area contributed by atoms with Gasteiger partial charge in [0.2, 0.25) is 15.9 Å². The maximum absolute atomic E-state index is 13.0. The standard InChI is InChI=1S/C19H22Cl2N2O5S/c1-27-11-3-10-23(29(25,26)16-7-5-15(28-2)6-8-16)13-19(24)22-14-4-9-17(20)18(21)12-14/h4-9,12H,3,10-11,13H2,1-2H3,(H,22,24). The van der Waals surface area contributed by atoms with E-state index in [1.807, 2.05) is 0 Å². The quantitative estimate of drug-likeness (QED) is 0.546. The largest absolute Gasteiger partial charge is 0.497 e. The lowest BCUT2D eigenvalue weighted by atomic mass is 10.3. The molecule has 0 saturated carbocycles. The number of rotatable bonds is 10. The van der Waals surface area contributed by atoms with Crippen molar-refractivity contribution in [2.75, 3.05) is 39.2 Å². The molecule has 0 aliphatic carbocycles. The van der Waals surface area contributed by atoms with Gasteiger partial charge in [0.15, 0.2) is 0 Å². The molecule has 0 saturated heterocycles. The molecule has 2 rings (SSSR count). The van der Waals surface area contributed by atoms with E-state index in [4.69, 9.17) is 32.7 Å². The maximum Gasteiger partial charge on any atom is 0.243 e. The molecule has 158 valence electrons. The van der Waals surface area contributed by atoms with Crippen LogP contribution in [0.15, 0.2) is 47.4 Å². The van der Waals surface area contributed by atoms with E-state index >= 15 is 0 Å². The molecule has 0 atom stereocenters. The molecule has 2 aromatic carbocycles. The molecule has 0 aliphatic rings. The third-order valence-corrected chi connectivity index (χ3v) is 6.57. The number of hydrogen-bond acceptors (Lipinski definition) is 5. The number of hydrogen-bond donors (Lipinski definition) is 1. The van der Waals surface area contributed by atoms with E-state index < -0.39 is 15.9 Å². The van der Waals surface area contributed by atoms with Crippen LogP contribution in [0.25, 0.3) is 0 Å². The summed E-state index contributed by atoms with van der Waals surface area (Å²) < 4.78 is 37.3. The molecule has 0 spiro atoms. The van der Waals surface area contributed by atoms with Gasteiger partial charge in [0.05, 0.1) is 28.6 Å². The Bertz CT molecular complexity index is 936. The van der Waals surface area contributed by atoms with Crippen molar-refractivity contribution in [3.8, 4) is 5.75 Å². The maximum atomic E-state index is 13.0. The van der Waals surface area contributed by atoms with E-state index in [0.29, 0.717) is 29.5 Å². The highest BCUT2D eigenvalue weighted by Gasteiger charge is 2.26. The number of carbonyl (C=O) groups excluding carboxylic acids is 1. The third kappa shape index (κ3) is 6.58. The summed E-state index contributed by atoms with van der Waals surface area (Å²) in [4.78, 5) is 12.6. The number of benzene rings is 2. The molecule has 10 heteroatoms. The number of amides is 1. The van der Waals surface area contributed by atoms with Crippen LogP contribution in [0.5, 0.6) is 5.75 Å². The average molecular weight is 461 g/mol. The Morgan fingerprint density at radius 2 is 1.76 bits per heavy atom. The summed E-state index contributed by atoms with van der Waals surface area (Å²) >= 11 is 11.8. The number of halogens is 2. The van der Waals surface area contributed by atoms with Gasteiger partial charge in [0.1, 0.15) is 5.75 Å². The molecule has 7 nitrogen and oxygen atoms in total. The first-order valence-corrected chi connectivity index (χ1v) is 10.9. The SMILES string of the molecule is COCCCN(CC(=O)Nc1ccc(Cl)c(Cl)c1)S(=O)(=O)c1ccc(OC)cc1. The molecule has 0 unspecified atom stereocenters. The van der Waals surface area contributed by atoms with Crippen molar-refractivity contribution in [2.45, 2.75) is 11.3 Å². The second kappa shape index (κ2) is 10.8. The van der Waals surface area contributed by atoms with Gasteiger partial charge in [-0.25, -0.2) is 8.42 Å². The lowest BCUT2D eigenvalue weighted by Crippen LogP contribution is -2.39. The van der Waals surface area contributed by atoms with Gasteiger partial charge in [-0.2, -0.15) is 4.31 Å². The molecule has 1 amide bonds. The first kappa shape index (κ1) is 23.4. The minimum Gasteiger partial charge on any atom is -0.497 e. The Hall–Kier alpha value is -1.84. The number of methoxy groups -OCH3 is 2. The van der Waals surface area contributed by atoms with E-state index in [2.05, 4.69) is 5.32 Å². The van der Waals surface area contributed by atoms with Crippen LogP contribution in [0.2, 0.25) is 10.0 Å². The number of anilines is 1. The summed E-state index contributed by atoms with van der Waals surface area (Å²) in [5.41, 5.74) is 0.420. The van der Waals surface area contributed by atoms with Crippen LogP contribution < -0.4 is 10.1 Å². The molecule has 0 heterocycles. The van der Waals surface area contributed by atoms with Gasteiger partial charge in [-0.1, -0.05) is 23.2 Å². The molecule has 0 radical (unpaired) electrons. The van der Waals surface area contributed by atoms with Crippen molar-refractivity contribution in [1.29, 1.82) is 0 Å². The predicted octanol–water partition coefficient (Wildman–Crippen LogP) is 3.67. The highest BCUT2D eigenvalue weighted by atomic mass is 35.5. The minimum absolute atomic E-state index is 0.0676. The summed E-state index contributed by atoms with van der Waals surface area (Å²) in [6.45, 7) is 0.123. The van der Waals surface area contributed by atoms with Crippen LogP contribution in [-0.2, 0) is 19.6 Å². The zero-order valence-corrected chi connectivity index (χ0v) is 18.4. The summed E-state index contributed by atoms with van der Waals surface area (Å²) in [6, 6.07) is 10.6. The fraction of sp³-hybridized carbons (Fsp3) is 0.316. The van der Waals surface area contributed by atoms with Crippen molar-refractivity contribution in [1.82, 2.24) is 4.31 Å².